The van der Waals surface area contributed by atoms with Gasteiger partial charge in [0.1, 0.15) is 6.04 Å². The molecule has 0 spiro atoms. The minimum absolute atomic E-state index is 0.00120. The van der Waals surface area contributed by atoms with E-state index in [4.69, 9.17) is 9.26 Å². The Kier molecular flexibility index (Phi) is 4.37. The van der Waals surface area contributed by atoms with Gasteiger partial charge in [0, 0.05) is 32.6 Å². The molecule has 2 amide bonds. The van der Waals surface area contributed by atoms with Crippen molar-refractivity contribution in [3.05, 3.63) is 11.7 Å². The van der Waals surface area contributed by atoms with Crippen molar-refractivity contribution in [2.24, 2.45) is 5.92 Å². The van der Waals surface area contributed by atoms with Crippen LogP contribution in [0.2, 0.25) is 0 Å². The van der Waals surface area contributed by atoms with Crippen LogP contribution in [0.15, 0.2) is 4.52 Å². The molecule has 1 atom stereocenters. The van der Waals surface area contributed by atoms with E-state index < -0.39 is 0 Å². The minimum atomic E-state index is -0.153. The number of ether oxygens (including phenoxy) is 1. The van der Waals surface area contributed by atoms with E-state index in [1.165, 1.54) is 0 Å². The molecule has 0 aromatic carbocycles. The molecule has 3 heterocycles. The number of carbonyl (C=O) groups excluding carboxylic acids is 2. The Labute approximate surface area is 128 Å². The quantitative estimate of drug-likeness (QED) is 0.865. The van der Waals surface area contributed by atoms with E-state index >= 15 is 0 Å². The Morgan fingerprint density at radius 1 is 1.36 bits per heavy atom. The molecule has 22 heavy (non-hydrogen) atoms. The van der Waals surface area contributed by atoms with Gasteiger partial charge in [0.2, 0.25) is 17.7 Å². The summed E-state index contributed by atoms with van der Waals surface area (Å²) in [7, 11) is 1.73. The molecule has 0 saturated carbocycles. The first-order chi connectivity index (χ1) is 10.6. The summed E-state index contributed by atoms with van der Waals surface area (Å²) in [4.78, 5) is 29.5. The second-order valence-corrected chi connectivity index (χ2v) is 5.71. The molecule has 2 aliphatic rings. The maximum Gasteiger partial charge on any atom is 0.249 e. The SMILES string of the molecule is CN1C(=O)CC[C@H]1c1nc(CNC(=O)C2CCOCC2)no1. The van der Waals surface area contributed by atoms with Crippen LogP contribution in [0.3, 0.4) is 0 Å². The first kappa shape index (κ1) is 15.0. The predicted molar refractivity (Wildman–Crippen MR) is 74.4 cm³/mol. The lowest BCUT2D eigenvalue weighted by atomic mass is 9.99. The molecular weight excluding hydrogens is 288 g/mol. The van der Waals surface area contributed by atoms with E-state index in [-0.39, 0.29) is 30.3 Å². The third-order valence-electron chi connectivity index (χ3n) is 4.27. The van der Waals surface area contributed by atoms with E-state index in [1.54, 1.807) is 11.9 Å². The van der Waals surface area contributed by atoms with E-state index in [9.17, 15) is 9.59 Å². The third-order valence-corrected chi connectivity index (χ3v) is 4.27. The fourth-order valence-corrected chi connectivity index (χ4v) is 2.84. The molecule has 2 aliphatic heterocycles. The molecule has 8 heteroatoms. The maximum absolute atomic E-state index is 12.0. The second-order valence-electron chi connectivity index (χ2n) is 5.71. The summed E-state index contributed by atoms with van der Waals surface area (Å²) in [6, 6.07) is -0.153. The van der Waals surface area contributed by atoms with Gasteiger partial charge in [0.15, 0.2) is 5.82 Å². The number of hydrogen-bond acceptors (Lipinski definition) is 6. The highest BCUT2D eigenvalue weighted by Crippen LogP contribution is 2.29. The Morgan fingerprint density at radius 3 is 2.82 bits per heavy atom. The summed E-state index contributed by atoms with van der Waals surface area (Å²) in [5.74, 6) is 0.950. The summed E-state index contributed by atoms with van der Waals surface area (Å²) in [6.45, 7) is 1.50. The molecule has 0 aliphatic carbocycles. The standard InChI is InChI=1S/C14H20N4O4/c1-18-10(2-3-12(18)19)14-16-11(17-22-14)8-15-13(20)9-4-6-21-7-5-9/h9-10H,2-8H2,1H3,(H,15,20)/t10-/m0/s1. The summed E-state index contributed by atoms with van der Waals surface area (Å²) in [6.07, 6.45) is 2.68. The lowest BCUT2D eigenvalue weighted by molar-refractivity contribution is -0.128. The first-order valence-electron chi connectivity index (χ1n) is 7.58. The van der Waals surface area contributed by atoms with Gasteiger partial charge in [-0.15, -0.1) is 0 Å². The molecule has 8 nitrogen and oxygen atoms in total. The van der Waals surface area contributed by atoms with Crippen LogP contribution in [0.25, 0.3) is 0 Å². The number of nitrogens with one attached hydrogen (secondary N) is 1. The molecular formula is C14H20N4O4. The zero-order valence-electron chi connectivity index (χ0n) is 12.6. The molecule has 1 aromatic rings. The van der Waals surface area contributed by atoms with Crippen LogP contribution in [-0.4, -0.2) is 47.1 Å². The number of rotatable bonds is 4. The van der Waals surface area contributed by atoms with Gasteiger partial charge in [0.25, 0.3) is 0 Å². The van der Waals surface area contributed by atoms with Gasteiger partial charge < -0.3 is 19.5 Å². The highest BCUT2D eigenvalue weighted by molar-refractivity contribution is 5.79. The van der Waals surface area contributed by atoms with Gasteiger partial charge in [-0.25, -0.2) is 0 Å². The summed E-state index contributed by atoms with van der Waals surface area (Å²) >= 11 is 0. The molecule has 2 fully saturated rings. The van der Waals surface area contributed by atoms with Crippen LogP contribution in [0.5, 0.6) is 0 Å². The van der Waals surface area contributed by atoms with Crippen LogP contribution in [0, 0.1) is 5.92 Å². The molecule has 1 aromatic heterocycles. The van der Waals surface area contributed by atoms with Crippen molar-refractivity contribution in [1.29, 1.82) is 0 Å². The smallest absolute Gasteiger partial charge is 0.249 e. The summed E-state index contributed by atoms with van der Waals surface area (Å²) in [5, 5.41) is 6.71. The summed E-state index contributed by atoms with van der Waals surface area (Å²) < 4.78 is 10.5. The average Bonchev–Trinajstić information content (AvgIpc) is 3.13. The van der Waals surface area contributed by atoms with Gasteiger partial charge in [-0.3, -0.25) is 9.59 Å². The van der Waals surface area contributed by atoms with Crippen molar-refractivity contribution >= 4 is 11.8 Å². The molecule has 0 radical (unpaired) electrons. The van der Waals surface area contributed by atoms with Crippen molar-refractivity contribution in [3.8, 4) is 0 Å². The zero-order chi connectivity index (χ0) is 15.5. The molecule has 0 unspecified atom stereocenters. The minimum Gasteiger partial charge on any atom is -0.381 e. The van der Waals surface area contributed by atoms with Gasteiger partial charge >= 0.3 is 0 Å². The number of nitrogens with zero attached hydrogens (tertiary/aromatic N) is 3. The van der Waals surface area contributed by atoms with Crippen LogP contribution < -0.4 is 5.32 Å². The van der Waals surface area contributed by atoms with E-state index in [0.29, 0.717) is 37.8 Å². The van der Waals surface area contributed by atoms with Crippen molar-refractivity contribution in [1.82, 2.24) is 20.4 Å². The fourth-order valence-electron chi connectivity index (χ4n) is 2.84. The van der Waals surface area contributed by atoms with Gasteiger partial charge in [0.05, 0.1) is 6.54 Å². The monoisotopic (exact) mass is 308 g/mol. The van der Waals surface area contributed by atoms with Crippen LogP contribution in [0.4, 0.5) is 0 Å². The topological polar surface area (TPSA) is 97.6 Å². The van der Waals surface area contributed by atoms with Crippen molar-refractivity contribution in [2.45, 2.75) is 38.3 Å². The van der Waals surface area contributed by atoms with E-state index in [1.807, 2.05) is 0 Å². The van der Waals surface area contributed by atoms with E-state index in [0.717, 1.165) is 12.8 Å². The molecule has 2 saturated heterocycles. The van der Waals surface area contributed by atoms with Crippen molar-refractivity contribution in [2.75, 3.05) is 20.3 Å². The van der Waals surface area contributed by atoms with Crippen LogP contribution in [-0.2, 0) is 20.9 Å². The van der Waals surface area contributed by atoms with Gasteiger partial charge in [-0.2, -0.15) is 4.98 Å². The number of aromatic nitrogens is 2. The average molecular weight is 308 g/mol. The Morgan fingerprint density at radius 2 is 2.14 bits per heavy atom. The third kappa shape index (κ3) is 3.11. The normalized spacial score (nSPS) is 23.0. The van der Waals surface area contributed by atoms with Crippen LogP contribution >= 0.6 is 0 Å². The Hall–Kier alpha value is -1.96. The molecule has 0 bridgehead atoms. The lowest BCUT2D eigenvalue weighted by Gasteiger charge is -2.20. The molecule has 1 N–H and O–H groups in total. The van der Waals surface area contributed by atoms with Crippen molar-refractivity contribution < 1.29 is 18.8 Å². The number of hydrogen-bond donors (Lipinski definition) is 1. The van der Waals surface area contributed by atoms with Crippen LogP contribution in [0.1, 0.15) is 43.4 Å². The number of amides is 2. The Bertz CT molecular complexity index is 553. The fraction of sp³-hybridized carbons (Fsp3) is 0.714. The van der Waals surface area contributed by atoms with Gasteiger partial charge in [-0.1, -0.05) is 5.16 Å². The Balaban J connectivity index is 1.53. The molecule has 120 valence electrons. The van der Waals surface area contributed by atoms with E-state index in [2.05, 4.69) is 15.5 Å². The second kappa shape index (κ2) is 6.43. The number of carbonyl (C=O) groups is 2. The van der Waals surface area contributed by atoms with Gasteiger partial charge in [-0.05, 0) is 19.3 Å². The van der Waals surface area contributed by atoms with Crippen molar-refractivity contribution in [3.63, 3.8) is 0 Å². The summed E-state index contributed by atoms with van der Waals surface area (Å²) in [5.41, 5.74) is 0. The lowest BCUT2D eigenvalue weighted by Crippen LogP contribution is -2.34. The molecule has 3 rings (SSSR count). The zero-order valence-corrected chi connectivity index (χ0v) is 12.6. The first-order valence-corrected chi connectivity index (χ1v) is 7.58. The number of likely N-dealkylation sites (tertiary alicyclic amines) is 1. The highest BCUT2D eigenvalue weighted by atomic mass is 16.5. The predicted octanol–water partition coefficient (Wildman–Crippen LogP) is 0.406. The maximum atomic E-state index is 12.0. The highest BCUT2D eigenvalue weighted by Gasteiger charge is 2.33. The largest absolute Gasteiger partial charge is 0.381 e.